The van der Waals surface area contributed by atoms with E-state index in [4.69, 9.17) is 0 Å². The Balaban J connectivity index is 2.30. The topological polar surface area (TPSA) is 23.5 Å². The zero-order valence-electron chi connectivity index (χ0n) is 12.2. The van der Waals surface area contributed by atoms with Gasteiger partial charge in [-0.15, -0.1) is 0 Å². The van der Waals surface area contributed by atoms with Gasteiger partial charge in [-0.3, -0.25) is 0 Å². The van der Waals surface area contributed by atoms with Gasteiger partial charge in [-0.2, -0.15) is 0 Å². The van der Waals surface area contributed by atoms with Gasteiger partial charge >= 0.3 is 0 Å². The van der Waals surface area contributed by atoms with Crippen LogP contribution in [0.4, 0.5) is 0 Å². The first kappa shape index (κ1) is 15.0. The average molecular weight is 241 g/mol. The van der Waals surface area contributed by atoms with Gasteiger partial charge in [0.1, 0.15) is 0 Å². The molecule has 0 bridgehead atoms. The lowest BCUT2D eigenvalue weighted by atomic mass is 9.87. The normalized spacial score (nSPS) is 21.5. The molecule has 2 heteroatoms. The van der Waals surface area contributed by atoms with Crippen molar-refractivity contribution in [1.82, 2.24) is 4.90 Å². The van der Waals surface area contributed by atoms with E-state index in [2.05, 4.69) is 32.7 Å². The molecule has 1 fully saturated rings. The third-order valence-electron chi connectivity index (χ3n) is 4.20. The van der Waals surface area contributed by atoms with Crippen LogP contribution < -0.4 is 0 Å². The van der Waals surface area contributed by atoms with Crippen LogP contribution in [0.2, 0.25) is 0 Å². The van der Waals surface area contributed by atoms with Crippen molar-refractivity contribution < 1.29 is 5.11 Å². The van der Waals surface area contributed by atoms with E-state index in [1.165, 1.54) is 38.5 Å². The molecule has 0 radical (unpaired) electrons. The van der Waals surface area contributed by atoms with Crippen LogP contribution in [0.15, 0.2) is 0 Å². The van der Waals surface area contributed by atoms with Crippen LogP contribution >= 0.6 is 0 Å². The van der Waals surface area contributed by atoms with Crippen molar-refractivity contribution in [2.75, 3.05) is 13.6 Å². The summed E-state index contributed by atoms with van der Waals surface area (Å²) >= 11 is 0. The Hall–Kier alpha value is -0.0800. The zero-order chi connectivity index (χ0) is 12.9. The Bertz CT molecular complexity index is 201. The molecule has 1 saturated carbocycles. The van der Waals surface area contributed by atoms with Gasteiger partial charge in [0.25, 0.3) is 0 Å². The molecule has 17 heavy (non-hydrogen) atoms. The number of aliphatic hydroxyl groups is 1. The molecule has 0 aromatic rings. The molecule has 102 valence electrons. The van der Waals surface area contributed by atoms with Gasteiger partial charge in [-0.25, -0.2) is 0 Å². The van der Waals surface area contributed by atoms with Crippen molar-refractivity contribution in [3.8, 4) is 0 Å². The molecular formula is C15H31NO. The lowest BCUT2D eigenvalue weighted by molar-refractivity contribution is 0.0432. The van der Waals surface area contributed by atoms with Crippen LogP contribution in [0.5, 0.6) is 0 Å². The summed E-state index contributed by atoms with van der Waals surface area (Å²) in [6.45, 7) is 7.37. The highest BCUT2D eigenvalue weighted by Gasteiger charge is 2.23. The van der Waals surface area contributed by atoms with Gasteiger partial charge in [0.2, 0.25) is 0 Å². The fourth-order valence-corrected chi connectivity index (χ4v) is 2.64. The molecule has 1 rings (SSSR count). The number of nitrogens with zero attached hydrogens (tertiary/aromatic N) is 1. The first-order valence-corrected chi connectivity index (χ1v) is 7.29. The van der Waals surface area contributed by atoms with E-state index in [1.807, 2.05) is 0 Å². The van der Waals surface area contributed by atoms with Gasteiger partial charge in [-0.1, -0.05) is 46.5 Å². The Morgan fingerprint density at radius 1 is 1.12 bits per heavy atom. The lowest BCUT2D eigenvalue weighted by Crippen LogP contribution is -2.36. The smallest absolute Gasteiger partial charge is 0.0600 e. The highest BCUT2D eigenvalue weighted by molar-refractivity contribution is 4.77. The fourth-order valence-electron chi connectivity index (χ4n) is 2.64. The maximum atomic E-state index is 10.1. The summed E-state index contributed by atoms with van der Waals surface area (Å²) in [4.78, 5) is 2.47. The van der Waals surface area contributed by atoms with E-state index in [9.17, 15) is 5.11 Å². The van der Waals surface area contributed by atoms with Crippen molar-refractivity contribution in [2.45, 2.75) is 77.9 Å². The highest BCUT2D eigenvalue weighted by Crippen LogP contribution is 2.24. The van der Waals surface area contributed by atoms with Gasteiger partial charge in [0.05, 0.1) is 6.10 Å². The maximum Gasteiger partial charge on any atom is 0.0600 e. The first-order valence-electron chi connectivity index (χ1n) is 7.29. The summed E-state index contributed by atoms with van der Waals surface area (Å²) in [6.07, 6.45) is 9.01. The molecule has 1 unspecified atom stereocenters. The fraction of sp³-hybridized carbons (Fsp3) is 1.00. The molecule has 1 N–H and O–H groups in total. The number of aliphatic hydroxyl groups excluding tert-OH is 1. The Kier molecular flexibility index (Phi) is 5.94. The van der Waals surface area contributed by atoms with Crippen LogP contribution in [0.3, 0.4) is 0 Å². The van der Waals surface area contributed by atoms with E-state index >= 15 is 0 Å². The SMILES string of the molecule is CN(CCC(O)C(C)(C)C)C1CCCCCC1. The van der Waals surface area contributed by atoms with E-state index < -0.39 is 0 Å². The minimum atomic E-state index is -0.185. The highest BCUT2D eigenvalue weighted by atomic mass is 16.3. The minimum Gasteiger partial charge on any atom is -0.393 e. The molecule has 2 nitrogen and oxygen atoms in total. The first-order chi connectivity index (χ1) is 7.91. The van der Waals surface area contributed by atoms with Crippen molar-refractivity contribution in [2.24, 2.45) is 5.41 Å². The quantitative estimate of drug-likeness (QED) is 0.762. The predicted molar refractivity (Wildman–Crippen MR) is 74.2 cm³/mol. The summed E-state index contributed by atoms with van der Waals surface area (Å²) in [5.41, 5.74) is 0.0181. The Morgan fingerprint density at radius 2 is 1.65 bits per heavy atom. The molecule has 0 aromatic heterocycles. The van der Waals surface area contributed by atoms with Crippen molar-refractivity contribution >= 4 is 0 Å². The monoisotopic (exact) mass is 241 g/mol. The van der Waals surface area contributed by atoms with Crippen molar-refractivity contribution in [1.29, 1.82) is 0 Å². The van der Waals surface area contributed by atoms with Crippen LogP contribution in [-0.2, 0) is 0 Å². The predicted octanol–water partition coefficient (Wildman–Crippen LogP) is 3.44. The summed E-state index contributed by atoms with van der Waals surface area (Å²) in [5.74, 6) is 0. The van der Waals surface area contributed by atoms with Crippen LogP contribution in [0.1, 0.15) is 65.7 Å². The van der Waals surface area contributed by atoms with Gasteiger partial charge < -0.3 is 10.0 Å². The molecule has 0 aromatic carbocycles. The molecule has 0 aliphatic heterocycles. The molecular weight excluding hydrogens is 210 g/mol. The number of hydrogen-bond donors (Lipinski definition) is 1. The second-order valence-electron chi connectivity index (χ2n) is 6.80. The molecule has 0 spiro atoms. The third-order valence-corrected chi connectivity index (χ3v) is 4.20. The van der Waals surface area contributed by atoms with Gasteiger partial charge in [-0.05, 0) is 31.7 Å². The van der Waals surface area contributed by atoms with E-state index in [-0.39, 0.29) is 11.5 Å². The second-order valence-corrected chi connectivity index (χ2v) is 6.80. The van der Waals surface area contributed by atoms with Gasteiger partial charge in [0, 0.05) is 12.6 Å². The molecule has 1 aliphatic carbocycles. The molecule has 0 heterocycles. The minimum absolute atomic E-state index is 0.0181. The second kappa shape index (κ2) is 6.75. The zero-order valence-corrected chi connectivity index (χ0v) is 12.2. The van der Waals surface area contributed by atoms with Crippen LogP contribution in [0.25, 0.3) is 0 Å². The standard InChI is InChI=1S/C15H31NO/c1-15(2,3)14(17)11-12-16(4)13-9-7-5-6-8-10-13/h13-14,17H,5-12H2,1-4H3. The van der Waals surface area contributed by atoms with E-state index in [0.717, 1.165) is 19.0 Å². The van der Waals surface area contributed by atoms with E-state index in [1.54, 1.807) is 0 Å². The third kappa shape index (κ3) is 5.39. The Morgan fingerprint density at radius 3 is 2.12 bits per heavy atom. The Labute approximate surface area is 107 Å². The lowest BCUT2D eigenvalue weighted by Gasteiger charge is -2.31. The molecule has 1 aliphatic rings. The van der Waals surface area contributed by atoms with E-state index in [0.29, 0.717) is 0 Å². The van der Waals surface area contributed by atoms with Crippen LogP contribution in [-0.4, -0.2) is 35.7 Å². The molecule has 0 amide bonds. The van der Waals surface area contributed by atoms with Gasteiger partial charge in [0.15, 0.2) is 0 Å². The summed E-state index contributed by atoms with van der Waals surface area (Å²) in [7, 11) is 2.23. The summed E-state index contributed by atoms with van der Waals surface area (Å²) in [6, 6.07) is 0.754. The number of rotatable bonds is 4. The largest absolute Gasteiger partial charge is 0.393 e. The van der Waals surface area contributed by atoms with Crippen molar-refractivity contribution in [3.63, 3.8) is 0 Å². The van der Waals surface area contributed by atoms with Crippen LogP contribution in [0, 0.1) is 5.41 Å². The summed E-state index contributed by atoms with van der Waals surface area (Å²) in [5, 5.41) is 10.1. The number of hydrogen-bond acceptors (Lipinski definition) is 2. The average Bonchev–Trinajstić information content (AvgIpc) is 2.52. The molecule has 1 atom stereocenters. The maximum absolute atomic E-state index is 10.1. The van der Waals surface area contributed by atoms with Crippen molar-refractivity contribution in [3.05, 3.63) is 0 Å². The summed E-state index contributed by atoms with van der Waals surface area (Å²) < 4.78 is 0. The molecule has 0 saturated heterocycles.